The molecule has 1 aromatic rings. The molecular formula is C21H29N3O4. The molecule has 1 N–H and O–H groups in total. The summed E-state index contributed by atoms with van der Waals surface area (Å²) < 4.78 is 5.36. The maximum absolute atomic E-state index is 13.2. The molecule has 0 bridgehead atoms. The first-order chi connectivity index (χ1) is 13.4. The minimum Gasteiger partial charge on any atom is -0.395 e. The van der Waals surface area contributed by atoms with Gasteiger partial charge in [0.15, 0.2) is 0 Å². The minimum absolute atomic E-state index is 0.0878. The fourth-order valence-corrected chi connectivity index (χ4v) is 3.61. The number of likely N-dealkylation sites (N-methyl/N-ethyl adjacent to an activating group) is 1. The number of aliphatic hydroxyl groups is 1. The van der Waals surface area contributed by atoms with Gasteiger partial charge in [0.25, 0.3) is 11.8 Å². The molecule has 1 fully saturated rings. The van der Waals surface area contributed by atoms with E-state index in [9.17, 15) is 14.7 Å². The molecular weight excluding hydrogens is 358 g/mol. The molecule has 3 rings (SSSR count). The van der Waals surface area contributed by atoms with Crippen LogP contribution in [0.1, 0.15) is 16.7 Å². The van der Waals surface area contributed by atoms with Crippen LogP contribution < -0.4 is 0 Å². The Labute approximate surface area is 166 Å². The smallest absolute Gasteiger partial charge is 0.277 e. The van der Waals surface area contributed by atoms with Crippen molar-refractivity contribution in [1.29, 1.82) is 0 Å². The summed E-state index contributed by atoms with van der Waals surface area (Å²) in [5.41, 5.74) is 3.74. The molecule has 1 aromatic carbocycles. The zero-order valence-corrected chi connectivity index (χ0v) is 16.9. The third-order valence-electron chi connectivity index (χ3n) is 5.50. The largest absolute Gasteiger partial charge is 0.395 e. The molecule has 0 atom stereocenters. The van der Waals surface area contributed by atoms with Gasteiger partial charge in [0, 0.05) is 39.8 Å². The Balaban J connectivity index is 1.88. The number of ether oxygens (including phenoxy) is 1. The highest BCUT2D eigenvalue weighted by atomic mass is 16.5. The molecule has 2 amide bonds. The van der Waals surface area contributed by atoms with E-state index in [1.165, 1.54) is 4.90 Å². The standard InChI is InChI=1S/C21H29N3O4/c1-15-4-5-17(14-16(15)2)18-19(22(3)8-11-25)21(27)24(20(18)26)7-6-23-9-12-28-13-10-23/h4-5,14,25H,6-13H2,1-3H3. The number of nitrogens with zero attached hydrogens (tertiary/aromatic N) is 3. The Bertz CT molecular complexity index is 784. The summed E-state index contributed by atoms with van der Waals surface area (Å²) in [6.07, 6.45) is 0. The molecule has 2 aliphatic heterocycles. The van der Waals surface area contributed by atoms with Gasteiger partial charge in [-0.05, 0) is 30.5 Å². The molecule has 152 valence electrons. The first-order valence-electron chi connectivity index (χ1n) is 9.74. The molecule has 0 spiro atoms. The Kier molecular flexibility index (Phi) is 6.49. The van der Waals surface area contributed by atoms with E-state index in [1.807, 2.05) is 32.0 Å². The van der Waals surface area contributed by atoms with Crippen molar-refractivity contribution in [1.82, 2.24) is 14.7 Å². The van der Waals surface area contributed by atoms with Crippen LogP contribution in [0.15, 0.2) is 23.9 Å². The predicted molar refractivity (Wildman–Crippen MR) is 107 cm³/mol. The van der Waals surface area contributed by atoms with E-state index in [-0.39, 0.29) is 18.4 Å². The Morgan fingerprint density at radius 3 is 2.43 bits per heavy atom. The number of carbonyl (C=O) groups excluding carboxylic acids is 2. The molecule has 7 nitrogen and oxygen atoms in total. The zero-order chi connectivity index (χ0) is 20.3. The zero-order valence-electron chi connectivity index (χ0n) is 16.9. The molecule has 0 unspecified atom stereocenters. The first kappa shape index (κ1) is 20.5. The summed E-state index contributed by atoms with van der Waals surface area (Å²) in [5.74, 6) is -0.552. The summed E-state index contributed by atoms with van der Waals surface area (Å²) in [6, 6.07) is 5.81. The fourth-order valence-electron chi connectivity index (χ4n) is 3.61. The van der Waals surface area contributed by atoms with Gasteiger partial charge in [0.1, 0.15) is 5.70 Å². The SMILES string of the molecule is Cc1ccc(C2=C(N(C)CCO)C(=O)N(CCN3CCOCC3)C2=O)cc1C. The van der Waals surface area contributed by atoms with Crippen LogP contribution in [-0.2, 0) is 14.3 Å². The second-order valence-corrected chi connectivity index (χ2v) is 7.38. The average Bonchev–Trinajstić information content (AvgIpc) is 2.93. The van der Waals surface area contributed by atoms with E-state index in [4.69, 9.17) is 4.74 Å². The number of benzene rings is 1. The van der Waals surface area contributed by atoms with E-state index >= 15 is 0 Å². The second-order valence-electron chi connectivity index (χ2n) is 7.38. The van der Waals surface area contributed by atoms with Crippen LogP contribution in [0, 0.1) is 13.8 Å². The minimum atomic E-state index is -0.289. The second kappa shape index (κ2) is 8.86. The van der Waals surface area contributed by atoms with Gasteiger partial charge in [0.05, 0.1) is 25.4 Å². The van der Waals surface area contributed by atoms with Crippen molar-refractivity contribution < 1.29 is 19.4 Å². The van der Waals surface area contributed by atoms with Gasteiger partial charge in [0.2, 0.25) is 0 Å². The predicted octanol–water partition coefficient (Wildman–Crippen LogP) is 0.640. The highest BCUT2D eigenvalue weighted by Crippen LogP contribution is 2.31. The molecule has 0 aliphatic carbocycles. The maximum Gasteiger partial charge on any atom is 0.277 e. The monoisotopic (exact) mass is 387 g/mol. The highest BCUT2D eigenvalue weighted by molar-refractivity contribution is 6.35. The maximum atomic E-state index is 13.2. The molecule has 0 aromatic heterocycles. The Morgan fingerprint density at radius 1 is 1.07 bits per heavy atom. The van der Waals surface area contributed by atoms with E-state index in [0.29, 0.717) is 44.1 Å². The van der Waals surface area contributed by atoms with Crippen molar-refractivity contribution in [3.8, 4) is 0 Å². The van der Waals surface area contributed by atoms with Crippen molar-refractivity contribution in [2.45, 2.75) is 13.8 Å². The van der Waals surface area contributed by atoms with Gasteiger partial charge in [-0.15, -0.1) is 0 Å². The molecule has 28 heavy (non-hydrogen) atoms. The van der Waals surface area contributed by atoms with Crippen LogP contribution >= 0.6 is 0 Å². The lowest BCUT2D eigenvalue weighted by Crippen LogP contribution is -2.44. The van der Waals surface area contributed by atoms with Crippen molar-refractivity contribution in [2.24, 2.45) is 0 Å². The van der Waals surface area contributed by atoms with Crippen LogP contribution in [0.3, 0.4) is 0 Å². The van der Waals surface area contributed by atoms with Crippen molar-refractivity contribution in [3.63, 3.8) is 0 Å². The third-order valence-corrected chi connectivity index (χ3v) is 5.50. The third kappa shape index (κ3) is 4.11. The summed E-state index contributed by atoms with van der Waals surface area (Å²) >= 11 is 0. The highest BCUT2D eigenvalue weighted by Gasteiger charge is 2.40. The van der Waals surface area contributed by atoms with Gasteiger partial charge in [-0.3, -0.25) is 19.4 Å². The number of morpholine rings is 1. The summed E-state index contributed by atoms with van der Waals surface area (Å²) in [5, 5.41) is 9.33. The molecule has 0 saturated carbocycles. The topological polar surface area (TPSA) is 73.3 Å². The number of imide groups is 1. The quantitative estimate of drug-likeness (QED) is 0.693. The van der Waals surface area contributed by atoms with Crippen molar-refractivity contribution >= 4 is 17.4 Å². The molecule has 1 saturated heterocycles. The summed E-state index contributed by atoms with van der Waals surface area (Å²) in [4.78, 5) is 31.6. The van der Waals surface area contributed by atoms with Crippen LogP contribution in [0.5, 0.6) is 0 Å². The average molecular weight is 387 g/mol. The molecule has 0 radical (unpaired) electrons. The number of carbonyl (C=O) groups is 2. The molecule has 2 heterocycles. The van der Waals surface area contributed by atoms with Gasteiger partial charge >= 0.3 is 0 Å². The number of hydrogen-bond acceptors (Lipinski definition) is 6. The van der Waals surface area contributed by atoms with Crippen molar-refractivity contribution in [3.05, 3.63) is 40.6 Å². The number of aryl methyl sites for hydroxylation is 2. The molecule has 7 heteroatoms. The van der Waals surface area contributed by atoms with Crippen LogP contribution in [0.2, 0.25) is 0 Å². The lowest BCUT2D eigenvalue weighted by Gasteiger charge is -2.28. The fraction of sp³-hybridized carbons (Fsp3) is 0.524. The lowest BCUT2D eigenvalue weighted by atomic mass is 9.99. The van der Waals surface area contributed by atoms with E-state index < -0.39 is 0 Å². The normalized spacial score (nSPS) is 18.4. The molecule has 2 aliphatic rings. The van der Waals surface area contributed by atoms with Crippen LogP contribution in [-0.4, -0.2) is 91.2 Å². The first-order valence-corrected chi connectivity index (χ1v) is 9.74. The van der Waals surface area contributed by atoms with Crippen molar-refractivity contribution in [2.75, 3.05) is 59.6 Å². The number of aliphatic hydroxyl groups excluding tert-OH is 1. The number of amides is 2. The van der Waals surface area contributed by atoms with Gasteiger partial charge in [-0.1, -0.05) is 18.2 Å². The Morgan fingerprint density at radius 2 is 1.79 bits per heavy atom. The summed E-state index contributed by atoms with van der Waals surface area (Å²) in [7, 11) is 1.74. The lowest BCUT2D eigenvalue weighted by molar-refractivity contribution is -0.137. The van der Waals surface area contributed by atoms with E-state index in [0.717, 1.165) is 29.8 Å². The number of hydrogen-bond donors (Lipinski definition) is 1. The Hall–Kier alpha value is -2.22. The summed E-state index contributed by atoms with van der Waals surface area (Å²) in [6.45, 7) is 8.18. The van der Waals surface area contributed by atoms with Gasteiger partial charge < -0.3 is 14.7 Å². The number of rotatable bonds is 7. The van der Waals surface area contributed by atoms with E-state index in [2.05, 4.69) is 4.90 Å². The van der Waals surface area contributed by atoms with Gasteiger partial charge in [-0.2, -0.15) is 0 Å². The van der Waals surface area contributed by atoms with Crippen LogP contribution in [0.25, 0.3) is 5.57 Å². The van der Waals surface area contributed by atoms with E-state index in [1.54, 1.807) is 11.9 Å². The van der Waals surface area contributed by atoms with Crippen LogP contribution in [0.4, 0.5) is 0 Å². The van der Waals surface area contributed by atoms with Gasteiger partial charge in [-0.25, -0.2) is 0 Å².